The first kappa shape index (κ1) is 14.9. The van der Waals surface area contributed by atoms with Crippen molar-refractivity contribution in [1.82, 2.24) is 9.78 Å². The molecule has 1 unspecified atom stereocenters. The molecule has 1 fully saturated rings. The maximum Gasteiger partial charge on any atom is 0.267 e. The lowest BCUT2D eigenvalue weighted by molar-refractivity contribution is -0.118. The summed E-state index contributed by atoms with van der Waals surface area (Å²) in [6, 6.07) is 9.51. The van der Waals surface area contributed by atoms with Gasteiger partial charge in [-0.15, -0.1) is 9.24 Å². The van der Waals surface area contributed by atoms with E-state index in [0.717, 1.165) is 35.0 Å². The summed E-state index contributed by atoms with van der Waals surface area (Å²) in [6.45, 7) is -0.178. The van der Waals surface area contributed by atoms with Crippen molar-refractivity contribution >= 4 is 20.5 Å². The van der Waals surface area contributed by atoms with E-state index >= 15 is 0 Å². The summed E-state index contributed by atoms with van der Waals surface area (Å²) >= 11 is 0. The van der Waals surface area contributed by atoms with Crippen molar-refractivity contribution in [3.05, 3.63) is 46.4 Å². The number of hydrogen-bond donors (Lipinski definition) is 1. The number of amides is 1. The predicted octanol–water partition coefficient (Wildman–Crippen LogP) is 1.16. The van der Waals surface area contributed by atoms with E-state index in [1.54, 1.807) is 6.07 Å². The van der Waals surface area contributed by atoms with Gasteiger partial charge in [0.05, 0.1) is 5.69 Å². The van der Waals surface area contributed by atoms with Gasteiger partial charge in [-0.1, -0.05) is 24.6 Å². The van der Waals surface area contributed by atoms with E-state index in [4.69, 9.17) is 5.73 Å². The highest BCUT2D eigenvalue weighted by Gasteiger charge is 2.25. The van der Waals surface area contributed by atoms with E-state index < -0.39 is 5.91 Å². The highest BCUT2D eigenvalue weighted by atomic mass is 31.0. The van der Waals surface area contributed by atoms with Crippen molar-refractivity contribution in [2.45, 2.75) is 31.7 Å². The molecule has 1 aliphatic carbocycles. The smallest absolute Gasteiger partial charge is 0.267 e. The highest BCUT2D eigenvalue weighted by Crippen LogP contribution is 2.39. The Balaban J connectivity index is 2.14. The van der Waals surface area contributed by atoms with Gasteiger partial charge in [0.25, 0.3) is 5.56 Å². The molecule has 114 valence electrons. The Morgan fingerprint density at radius 1 is 1.36 bits per heavy atom. The number of rotatable bonds is 4. The van der Waals surface area contributed by atoms with E-state index in [1.807, 2.05) is 24.3 Å². The molecule has 2 N–H and O–H groups in total. The Bertz CT molecular complexity index is 781. The van der Waals surface area contributed by atoms with Crippen molar-refractivity contribution in [3.63, 3.8) is 0 Å². The van der Waals surface area contributed by atoms with Gasteiger partial charge in [0.1, 0.15) is 6.54 Å². The maximum atomic E-state index is 12.2. The average Bonchev–Trinajstić information content (AvgIpc) is 2.39. The number of nitrogens with two attached hydrogens (primary N) is 1. The van der Waals surface area contributed by atoms with Crippen LogP contribution in [0.25, 0.3) is 11.1 Å². The van der Waals surface area contributed by atoms with Gasteiger partial charge < -0.3 is 5.73 Å². The van der Waals surface area contributed by atoms with Gasteiger partial charge in [0, 0.05) is 17.5 Å². The second-order valence-corrected chi connectivity index (χ2v) is 6.33. The molecule has 1 aromatic heterocycles. The number of carbonyl (C=O) groups excluding carboxylic acids is 1. The Morgan fingerprint density at radius 3 is 2.73 bits per heavy atom. The van der Waals surface area contributed by atoms with Crippen molar-refractivity contribution in [2.75, 3.05) is 0 Å². The fourth-order valence-corrected chi connectivity index (χ4v) is 2.98. The van der Waals surface area contributed by atoms with Crippen molar-refractivity contribution < 1.29 is 4.79 Å². The third-order valence-electron chi connectivity index (χ3n) is 4.02. The van der Waals surface area contributed by atoms with Gasteiger partial charge in [0.15, 0.2) is 0 Å². The average molecular weight is 315 g/mol. The van der Waals surface area contributed by atoms with E-state index in [-0.39, 0.29) is 12.1 Å². The van der Waals surface area contributed by atoms with Crippen molar-refractivity contribution in [1.29, 1.82) is 0 Å². The molecule has 3 rings (SSSR count). The minimum absolute atomic E-state index is 0.178. The molecule has 2 aromatic rings. The largest absolute Gasteiger partial charge is 0.368 e. The minimum Gasteiger partial charge on any atom is -0.368 e. The molecule has 5 nitrogen and oxygen atoms in total. The number of benzene rings is 1. The first-order chi connectivity index (χ1) is 10.5. The number of aromatic nitrogens is 2. The first-order valence-electron chi connectivity index (χ1n) is 7.31. The monoisotopic (exact) mass is 315 g/mol. The molecule has 1 saturated carbocycles. The summed E-state index contributed by atoms with van der Waals surface area (Å²) in [5.41, 5.74) is 7.62. The molecule has 6 heteroatoms. The molecule has 0 aliphatic heterocycles. The summed E-state index contributed by atoms with van der Waals surface area (Å²) in [5, 5.41) is 5.49. The molecule has 0 spiro atoms. The van der Waals surface area contributed by atoms with Crippen LogP contribution in [0.3, 0.4) is 0 Å². The summed E-state index contributed by atoms with van der Waals surface area (Å²) in [7, 11) is 2.66. The third kappa shape index (κ3) is 2.95. The van der Waals surface area contributed by atoms with E-state index in [9.17, 15) is 9.59 Å². The van der Waals surface area contributed by atoms with Crippen LogP contribution in [-0.4, -0.2) is 15.7 Å². The molecular weight excluding hydrogens is 297 g/mol. The predicted molar refractivity (Wildman–Crippen MR) is 89.1 cm³/mol. The van der Waals surface area contributed by atoms with E-state index in [2.05, 4.69) is 14.3 Å². The zero-order chi connectivity index (χ0) is 15.7. The van der Waals surface area contributed by atoms with Crippen LogP contribution in [0, 0.1) is 0 Å². The second kappa shape index (κ2) is 6.01. The second-order valence-electron chi connectivity index (χ2n) is 5.66. The molecule has 22 heavy (non-hydrogen) atoms. The Morgan fingerprint density at radius 2 is 2.14 bits per heavy atom. The maximum absolute atomic E-state index is 12.2. The van der Waals surface area contributed by atoms with Crippen LogP contribution < -0.4 is 16.6 Å². The zero-order valence-electron chi connectivity index (χ0n) is 12.2. The van der Waals surface area contributed by atoms with E-state index in [1.165, 1.54) is 11.1 Å². The summed E-state index contributed by atoms with van der Waals surface area (Å²) < 4.78 is 1.17. The topological polar surface area (TPSA) is 78.0 Å². The van der Waals surface area contributed by atoms with Gasteiger partial charge in [-0.25, -0.2) is 4.68 Å². The van der Waals surface area contributed by atoms with Gasteiger partial charge in [-0.3, -0.25) is 9.59 Å². The third-order valence-corrected chi connectivity index (χ3v) is 4.38. The number of nitrogens with zero attached hydrogens (tertiary/aromatic N) is 2. The molecule has 0 radical (unpaired) electrons. The quantitative estimate of drug-likeness (QED) is 0.860. The normalized spacial score (nSPS) is 14.6. The number of primary amides is 1. The lowest BCUT2D eigenvalue weighted by atomic mass is 9.80. The molecular formula is C16H18N3O2P. The molecule has 1 aromatic carbocycles. The van der Waals surface area contributed by atoms with E-state index in [0.29, 0.717) is 5.92 Å². The van der Waals surface area contributed by atoms with Crippen LogP contribution in [-0.2, 0) is 11.3 Å². The minimum atomic E-state index is -0.561. The van der Waals surface area contributed by atoms with Crippen LogP contribution in [0.4, 0.5) is 0 Å². The van der Waals surface area contributed by atoms with Crippen LogP contribution in [0.2, 0.25) is 0 Å². The molecule has 1 heterocycles. The Labute approximate surface area is 130 Å². The Kier molecular flexibility index (Phi) is 4.08. The summed E-state index contributed by atoms with van der Waals surface area (Å²) in [6.07, 6.45) is 3.30. The lowest BCUT2D eigenvalue weighted by Crippen LogP contribution is -2.31. The van der Waals surface area contributed by atoms with Gasteiger partial charge in [-0.05, 0) is 29.8 Å². The van der Waals surface area contributed by atoms with Crippen molar-refractivity contribution in [2.24, 2.45) is 5.73 Å². The fourth-order valence-electron chi connectivity index (χ4n) is 2.69. The zero-order valence-corrected chi connectivity index (χ0v) is 13.3. The first-order valence-corrected chi connectivity index (χ1v) is 7.88. The fraction of sp³-hybridized carbons (Fsp3) is 0.312. The van der Waals surface area contributed by atoms with Crippen LogP contribution in [0.1, 0.15) is 30.9 Å². The van der Waals surface area contributed by atoms with Crippen molar-refractivity contribution in [3.8, 4) is 11.1 Å². The summed E-state index contributed by atoms with van der Waals surface area (Å²) in [4.78, 5) is 23.3. The number of carbonyl (C=O) groups is 1. The van der Waals surface area contributed by atoms with Crippen LogP contribution >= 0.6 is 9.24 Å². The molecule has 1 amide bonds. The molecule has 0 bridgehead atoms. The van der Waals surface area contributed by atoms with Crippen LogP contribution in [0.5, 0.6) is 0 Å². The molecule has 1 aliphatic rings. The van der Waals surface area contributed by atoms with Gasteiger partial charge >= 0.3 is 0 Å². The lowest BCUT2D eigenvalue weighted by Gasteiger charge is -2.27. The standard InChI is InChI=1S/C16H18N3O2P/c17-14(20)9-19-15(21)8-13(11-5-2-6-12(22)7-11)16(18-19)10-3-1-4-10/h2,5-8,10H,1,3-4,9,22H2,(H2,17,20). The SMILES string of the molecule is NC(=O)Cn1nc(C2CCC2)c(-c2cccc(P)c2)cc1=O. The molecule has 0 saturated heterocycles. The van der Waals surface area contributed by atoms with Gasteiger partial charge in [-0.2, -0.15) is 5.10 Å². The van der Waals surface area contributed by atoms with Crippen LogP contribution in [0.15, 0.2) is 35.1 Å². The molecule has 1 atom stereocenters. The Hall–Kier alpha value is -2.00. The van der Waals surface area contributed by atoms with Gasteiger partial charge in [0.2, 0.25) is 5.91 Å². The summed E-state index contributed by atoms with van der Waals surface area (Å²) in [5.74, 6) is -0.211. The highest BCUT2D eigenvalue weighted by molar-refractivity contribution is 7.27. The number of hydrogen-bond acceptors (Lipinski definition) is 3.